The van der Waals surface area contributed by atoms with Gasteiger partial charge in [0.15, 0.2) is 0 Å². The van der Waals surface area contributed by atoms with E-state index in [2.05, 4.69) is 13.8 Å². The minimum Gasteiger partial charge on any atom is -0.292 e. The van der Waals surface area contributed by atoms with Gasteiger partial charge in [-0.25, -0.2) is 4.79 Å². The molecule has 0 unspecified atom stereocenters. The number of nitrogens with zero attached hydrogens (tertiary/aromatic N) is 2. The Morgan fingerprint density at radius 1 is 1.12 bits per heavy atom. The van der Waals surface area contributed by atoms with Crippen LogP contribution >= 0.6 is 0 Å². The van der Waals surface area contributed by atoms with Crippen molar-refractivity contribution in [3.8, 4) is 0 Å². The van der Waals surface area contributed by atoms with Gasteiger partial charge in [-0.3, -0.25) is 9.13 Å². The van der Waals surface area contributed by atoms with Gasteiger partial charge in [-0.15, -0.1) is 0 Å². The Hall–Kier alpha value is -1.51. The van der Waals surface area contributed by atoms with Gasteiger partial charge < -0.3 is 0 Å². The third-order valence-electron chi connectivity index (χ3n) is 2.79. The van der Waals surface area contributed by atoms with Gasteiger partial charge in [-0.05, 0) is 25.0 Å². The number of aromatic nitrogens is 2. The van der Waals surface area contributed by atoms with E-state index >= 15 is 0 Å². The Labute approximate surface area is 95.3 Å². The highest BCUT2D eigenvalue weighted by Crippen LogP contribution is 2.13. The van der Waals surface area contributed by atoms with Crippen LogP contribution in [-0.4, -0.2) is 9.13 Å². The number of rotatable bonds is 3. The lowest BCUT2D eigenvalue weighted by molar-refractivity contribution is 0.512. The van der Waals surface area contributed by atoms with Gasteiger partial charge in [-0.1, -0.05) is 26.0 Å². The van der Waals surface area contributed by atoms with Crippen molar-refractivity contribution >= 4 is 11.0 Å². The van der Waals surface area contributed by atoms with Crippen molar-refractivity contribution in [3.63, 3.8) is 0 Å². The SMILES string of the molecule is CCn1c(=O)n(CC(C)C)c2ccccc21. The summed E-state index contributed by atoms with van der Waals surface area (Å²) in [5.74, 6) is 0.480. The Morgan fingerprint density at radius 3 is 2.19 bits per heavy atom. The summed E-state index contributed by atoms with van der Waals surface area (Å²) in [5.41, 5.74) is 2.19. The predicted molar refractivity (Wildman–Crippen MR) is 66.7 cm³/mol. The molecule has 0 aliphatic carbocycles. The van der Waals surface area contributed by atoms with E-state index in [1.807, 2.05) is 40.3 Å². The maximum atomic E-state index is 12.2. The quantitative estimate of drug-likeness (QED) is 0.777. The molecule has 0 atom stereocenters. The summed E-state index contributed by atoms with van der Waals surface area (Å²) < 4.78 is 3.71. The Kier molecular flexibility index (Phi) is 2.86. The van der Waals surface area contributed by atoms with E-state index in [1.165, 1.54) is 0 Å². The number of benzene rings is 1. The number of hydrogen-bond donors (Lipinski definition) is 0. The van der Waals surface area contributed by atoms with Crippen LogP contribution in [0.15, 0.2) is 29.1 Å². The normalized spacial score (nSPS) is 11.5. The average molecular weight is 218 g/mol. The molecule has 0 aliphatic rings. The zero-order valence-corrected chi connectivity index (χ0v) is 10.1. The van der Waals surface area contributed by atoms with E-state index in [0.29, 0.717) is 5.92 Å². The first-order valence-electron chi connectivity index (χ1n) is 5.83. The van der Waals surface area contributed by atoms with Crippen LogP contribution in [-0.2, 0) is 13.1 Å². The molecule has 3 nitrogen and oxygen atoms in total. The standard InChI is InChI=1S/C13H18N2O/c1-4-14-11-7-5-6-8-12(11)15(13(14)16)9-10(2)3/h5-8,10H,4,9H2,1-3H3. The summed E-state index contributed by atoms with van der Waals surface area (Å²) in [4.78, 5) is 12.2. The van der Waals surface area contributed by atoms with E-state index < -0.39 is 0 Å². The van der Waals surface area contributed by atoms with Gasteiger partial charge in [0.25, 0.3) is 0 Å². The molecule has 1 heterocycles. The molecule has 86 valence electrons. The maximum Gasteiger partial charge on any atom is 0.329 e. The first-order chi connectivity index (χ1) is 7.65. The Balaban J connectivity index is 2.72. The minimum absolute atomic E-state index is 0.109. The van der Waals surface area contributed by atoms with Crippen LogP contribution < -0.4 is 5.69 Å². The molecule has 0 saturated carbocycles. The molecule has 0 radical (unpaired) electrons. The molecule has 0 fully saturated rings. The summed E-state index contributed by atoms with van der Waals surface area (Å²) in [7, 11) is 0. The van der Waals surface area contributed by atoms with Crippen molar-refractivity contribution in [1.82, 2.24) is 9.13 Å². The average Bonchev–Trinajstić information content (AvgIpc) is 2.52. The molecular weight excluding hydrogens is 200 g/mol. The van der Waals surface area contributed by atoms with Crippen LogP contribution in [0.2, 0.25) is 0 Å². The topological polar surface area (TPSA) is 26.9 Å². The summed E-state index contributed by atoms with van der Waals surface area (Å²) in [6, 6.07) is 7.99. The number of hydrogen-bond acceptors (Lipinski definition) is 1. The van der Waals surface area contributed by atoms with Crippen LogP contribution in [0.25, 0.3) is 11.0 Å². The fourth-order valence-electron chi connectivity index (χ4n) is 2.12. The summed E-state index contributed by atoms with van der Waals surface area (Å²) in [6.45, 7) is 7.78. The molecule has 0 bridgehead atoms. The number of para-hydroxylation sites is 2. The zero-order chi connectivity index (χ0) is 11.7. The fourth-order valence-corrected chi connectivity index (χ4v) is 2.12. The molecule has 1 aromatic carbocycles. The van der Waals surface area contributed by atoms with Crippen LogP contribution in [0, 0.1) is 5.92 Å². The minimum atomic E-state index is 0.109. The van der Waals surface area contributed by atoms with Gasteiger partial charge >= 0.3 is 5.69 Å². The van der Waals surface area contributed by atoms with Crippen molar-refractivity contribution in [2.45, 2.75) is 33.9 Å². The van der Waals surface area contributed by atoms with Crippen molar-refractivity contribution in [3.05, 3.63) is 34.7 Å². The van der Waals surface area contributed by atoms with Crippen molar-refractivity contribution in [2.24, 2.45) is 5.92 Å². The molecule has 0 aliphatic heterocycles. The number of aryl methyl sites for hydroxylation is 1. The summed E-state index contributed by atoms with van der Waals surface area (Å²) >= 11 is 0. The fraction of sp³-hybridized carbons (Fsp3) is 0.462. The van der Waals surface area contributed by atoms with Gasteiger partial charge in [0.05, 0.1) is 11.0 Å². The second kappa shape index (κ2) is 4.16. The lowest BCUT2D eigenvalue weighted by Gasteiger charge is -2.05. The molecule has 2 aromatic rings. The zero-order valence-electron chi connectivity index (χ0n) is 10.1. The van der Waals surface area contributed by atoms with Gasteiger partial charge in [-0.2, -0.15) is 0 Å². The van der Waals surface area contributed by atoms with E-state index in [9.17, 15) is 4.79 Å². The third-order valence-corrected chi connectivity index (χ3v) is 2.79. The van der Waals surface area contributed by atoms with Crippen molar-refractivity contribution in [2.75, 3.05) is 0 Å². The number of fused-ring (bicyclic) bond motifs is 1. The molecule has 1 aromatic heterocycles. The highest BCUT2D eigenvalue weighted by atomic mass is 16.1. The summed E-state index contributed by atoms with van der Waals surface area (Å²) in [5, 5.41) is 0. The molecule has 16 heavy (non-hydrogen) atoms. The molecule has 0 spiro atoms. The first-order valence-corrected chi connectivity index (χ1v) is 5.83. The highest BCUT2D eigenvalue weighted by molar-refractivity contribution is 5.75. The first kappa shape index (κ1) is 11.0. The van der Waals surface area contributed by atoms with Crippen LogP contribution in [0.4, 0.5) is 0 Å². The predicted octanol–water partition coefficient (Wildman–Crippen LogP) is 2.48. The second-order valence-electron chi connectivity index (χ2n) is 4.52. The summed E-state index contributed by atoms with van der Waals surface area (Å²) in [6.07, 6.45) is 0. The van der Waals surface area contributed by atoms with E-state index in [4.69, 9.17) is 0 Å². The van der Waals surface area contributed by atoms with E-state index in [1.54, 1.807) is 0 Å². The molecule has 3 heteroatoms. The van der Waals surface area contributed by atoms with Crippen LogP contribution in [0.5, 0.6) is 0 Å². The lowest BCUT2D eigenvalue weighted by atomic mass is 10.2. The lowest BCUT2D eigenvalue weighted by Crippen LogP contribution is -2.25. The van der Waals surface area contributed by atoms with Crippen LogP contribution in [0.3, 0.4) is 0 Å². The Bertz CT molecular complexity index is 549. The van der Waals surface area contributed by atoms with Crippen molar-refractivity contribution < 1.29 is 0 Å². The largest absolute Gasteiger partial charge is 0.329 e. The van der Waals surface area contributed by atoms with Gasteiger partial charge in [0.2, 0.25) is 0 Å². The Morgan fingerprint density at radius 2 is 1.69 bits per heavy atom. The smallest absolute Gasteiger partial charge is 0.292 e. The molecule has 2 rings (SSSR count). The van der Waals surface area contributed by atoms with E-state index in [0.717, 1.165) is 24.1 Å². The third kappa shape index (κ3) is 1.66. The molecular formula is C13H18N2O. The molecule has 0 amide bonds. The maximum absolute atomic E-state index is 12.2. The highest BCUT2D eigenvalue weighted by Gasteiger charge is 2.11. The second-order valence-corrected chi connectivity index (χ2v) is 4.52. The van der Waals surface area contributed by atoms with Gasteiger partial charge in [0.1, 0.15) is 0 Å². The monoisotopic (exact) mass is 218 g/mol. The molecule has 0 saturated heterocycles. The number of imidazole rings is 1. The van der Waals surface area contributed by atoms with Crippen LogP contribution in [0.1, 0.15) is 20.8 Å². The van der Waals surface area contributed by atoms with E-state index in [-0.39, 0.29) is 5.69 Å². The van der Waals surface area contributed by atoms with Crippen molar-refractivity contribution in [1.29, 1.82) is 0 Å². The molecule has 0 N–H and O–H groups in total. The van der Waals surface area contributed by atoms with Gasteiger partial charge in [0, 0.05) is 13.1 Å².